The molecule has 2 heteroatoms. The Labute approximate surface area is 126 Å². The third-order valence-corrected chi connectivity index (χ3v) is 5.06. The van der Waals surface area contributed by atoms with Gasteiger partial charge in [0.25, 0.3) is 0 Å². The number of hydrogen-bond donors (Lipinski definition) is 1. The lowest BCUT2D eigenvalue weighted by Crippen LogP contribution is -2.43. The Kier molecular flexibility index (Phi) is 7.97. The van der Waals surface area contributed by atoms with Crippen LogP contribution in [0.2, 0.25) is 0 Å². The van der Waals surface area contributed by atoms with E-state index in [1.807, 2.05) is 0 Å². The van der Waals surface area contributed by atoms with E-state index in [1.54, 1.807) is 0 Å². The summed E-state index contributed by atoms with van der Waals surface area (Å²) in [5.74, 6) is 1.03. The lowest BCUT2D eigenvalue weighted by molar-refractivity contribution is 0.193. The van der Waals surface area contributed by atoms with Gasteiger partial charge in [0.05, 0.1) is 0 Å². The van der Waals surface area contributed by atoms with Crippen molar-refractivity contribution in [3.63, 3.8) is 0 Å². The van der Waals surface area contributed by atoms with E-state index in [9.17, 15) is 0 Å². The average Bonchev–Trinajstić information content (AvgIpc) is 3.30. The third-order valence-electron chi connectivity index (χ3n) is 5.06. The van der Waals surface area contributed by atoms with Crippen LogP contribution in [0.5, 0.6) is 0 Å². The summed E-state index contributed by atoms with van der Waals surface area (Å²) in [6.45, 7) is 7.60. The molecule has 2 aliphatic rings. The maximum atomic E-state index is 3.77. The molecule has 0 aromatic heterocycles. The fourth-order valence-corrected chi connectivity index (χ4v) is 3.31. The molecule has 0 radical (unpaired) electrons. The van der Waals surface area contributed by atoms with E-state index in [-0.39, 0.29) is 0 Å². The third kappa shape index (κ3) is 7.08. The van der Waals surface area contributed by atoms with E-state index in [1.165, 1.54) is 96.8 Å². The van der Waals surface area contributed by atoms with Crippen LogP contribution < -0.4 is 5.32 Å². The summed E-state index contributed by atoms with van der Waals surface area (Å²) in [6, 6.07) is 0.820. The molecule has 1 saturated carbocycles. The Morgan fingerprint density at radius 2 is 1.50 bits per heavy atom. The fourth-order valence-electron chi connectivity index (χ4n) is 3.31. The first-order valence-electron chi connectivity index (χ1n) is 9.34. The molecule has 0 unspecified atom stereocenters. The van der Waals surface area contributed by atoms with Gasteiger partial charge in [-0.2, -0.15) is 0 Å². The monoisotopic (exact) mass is 280 g/mol. The van der Waals surface area contributed by atoms with E-state index in [0.29, 0.717) is 0 Å². The van der Waals surface area contributed by atoms with E-state index >= 15 is 0 Å². The maximum absolute atomic E-state index is 3.77. The standard InChI is InChI=1S/C18H36N2/c1-2-3-4-5-6-7-8-13-20-14-11-18(12-15-20)19-16-17-9-10-17/h17-19H,2-16H2,1H3. The predicted octanol–water partition coefficient (Wildman–Crippen LogP) is 4.20. The number of piperidine rings is 1. The Hall–Kier alpha value is -0.0800. The molecule has 2 nitrogen and oxygen atoms in total. The fraction of sp³-hybridized carbons (Fsp3) is 1.00. The van der Waals surface area contributed by atoms with E-state index < -0.39 is 0 Å². The molecule has 2 fully saturated rings. The first-order valence-corrected chi connectivity index (χ1v) is 9.34. The molecule has 0 spiro atoms. The highest BCUT2D eigenvalue weighted by atomic mass is 15.1. The number of rotatable bonds is 11. The zero-order valence-corrected chi connectivity index (χ0v) is 13.7. The lowest BCUT2D eigenvalue weighted by atomic mass is 10.0. The Balaban J connectivity index is 1.39. The SMILES string of the molecule is CCCCCCCCCN1CCC(NCC2CC2)CC1. The molecular weight excluding hydrogens is 244 g/mol. The van der Waals surface area contributed by atoms with Crippen LogP contribution in [0.15, 0.2) is 0 Å². The number of likely N-dealkylation sites (tertiary alicyclic amines) is 1. The molecule has 2 rings (SSSR count). The van der Waals surface area contributed by atoms with Gasteiger partial charge in [-0.3, -0.25) is 0 Å². The zero-order chi connectivity index (χ0) is 14.0. The van der Waals surface area contributed by atoms with Crippen molar-refractivity contribution >= 4 is 0 Å². The molecule has 0 aromatic rings. The highest BCUT2D eigenvalue weighted by Crippen LogP contribution is 2.28. The Bertz CT molecular complexity index is 230. The zero-order valence-electron chi connectivity index (χ0n) is 13.7. The van der Waals surface area contributed by atoms with Gasteiger partial charge in [0, 0.05) is 6.04 Å². The normalized spacial score (nSPS) is 21.4. The van der Waals surface area contributed by atoms with Gasteiger partial charge in [0.15, 0.2) is 0 Å². The molecular formula is C18H36N2. The molecule has 1 aliphatic heterocycles. The summed E-state index contributed by atoms with van der Waals surface area (Å²) < 4.78 is 0. The van der Waals surface area contributed by atoms with Gasteiger partial charge in [-0.1, -0.05) is 45.4 Å². The summed E-state index contributed by atoms with van der Waals surface area (Å²) in [7, 11) is 0. The van der Waals surface area contributed by atoms with Crippen LogP contribution in [0.25, 0.3) is 0 Å². The van der Waals surface area contributed by atoms with E-state index in [4.69, 9.17) is 0 Å². The van der Waals surface area contributed by atoms with Gasteiger partial charge < -0.3 is 10.2 Å². The Morgan fingerprint density at radius 1 is 0.850 bits per heavy atom. The summed E-state index contributed by atoms with van der Waals surface area (Å²) in [5, 5.41) is 3.77. The largest absolute Gasteiger partial charge is 0.314 e. The molecule has 1 saturated heterocycles. The van der Waals surface area contributed by atoms with Crippen LogP contribution in [-0.2, 0) is 0 Å². The van der Waals surface area contributed by atoms with Gasteiger partial charge in [0.2, 0.25) is 0 Å². The van der Waals surface area contributed by atoms with E-state index in [2.05, 4.69) is 17.1 Å². The Morgan fingerprint density at radius 3 is 2.15 bits per heavy atom. The number of unbranched alkanes of at least 4 members (excludes halogenated alkanes) is 6. The minimum absolute atomic E-state index is 0.820. The van der Waals surface area contributed by atoms with Gasteiger partial charge in [0.1, 0.15) is 0 Å². The number of hydrogen-bond acceptors (Lipinski definition) is 2. The average molecular weight is 281 g/mol. The molecule has 0 amide bonds. The summed E-state index contributed by atoms with van der Waals surface area (Å²) >= 11 is 0. The summed E-state index contributed by atoms with van der Waals surface area (Å²) in [6.07, 6.45) is 15.7. The van der Waals surface area contributed by atoms with Crippen molar-refractivity contribution in [1.82, 2.24) is 10.2 Å². The highest BCUT2D eigenvalue weighted by Gasteiger charge is 2.24. The minimum Gasteiger partial charge on any atom is -0.314 e. The van der Waals surface area contributed by atoms with Crippen LogP contribution in [-0.4, -0.2) is 37.1 Å². The second kappa shape index (κ2) is 9.78. The van der Waals surface area contributed by atoms with Gasteiger partial charge in [-0.15, -0.1) is 0 Å². The predicted molar refractivity (Wildman–Crippen MR) is 88.2 cm³/mol. The molecule has 0 aromatic carbocycles. The van der Waals surface area contributed by atoms with Crippen molar-refractivity contribution in [3.05, 3.63) is 0 Å². The van der Waals surface area contributed by atoms with Crippen LogP contribution in [0.4, 0.5) is 0 Å². The molecule has 1 N–H and O–H groups in total. The summed E-state index contributed by atoms with van der Waals surface area (Å²) in [4.78, 5) is 2.70. The smallest absolute Gasteiger partial charge is 0.00915 e. The molecule has 118 valence electrons. The van der Waals surface area contributed by atoms with Crippen LogP contribution >= 0.6 is 0 Å². The van der Waals surface area contributed by atoms with Crippen molar-refractivity contribution < 1.29 is 0 Å². The van der Waals surface area contributed by atoms with Crippen molar-refractivity contribution in [3.8, 4) is 0 Å². The molecule has 0 atom stereocenters. The quantitative estimate of drug-likeness (QED) is 0.571. The van der Waals surface area contributed by atoms with Crippen LogP contribution in [0.3, 0.4) is 0 Å². The van der Waals surface area contributed by atoms with Gasteiger partial charge in [-0.05, 0) is 64.2 Å². The molecule has 0 bridgehead atoms. The summed E-state index contributed by atoms with van der Waals surface area (Å²) in [5.41, 5.74) is 0. The van der Waals surface area contributed by atoms with Crippen LogP contribution in [0.1, 0.15) is 77.6 Å². The van der Waals surface area contributed by atoms with Crippen LogP contribution in [0, 0.1) is 5.92 Å². The first kappa shape index (κ1) is 16.3. The van der Waals surface area contributed by atoms with Crippen molar-refractivity contribution in [2.75, 3.05) is 26.2 Å². The van der Waals surface area contributed by atoms with Crippen molar-refractivity contribution in [2.24, 2.45) is 5.92 Å². The lowest BCUT2D eigenvalue weighted by Gasteiger charge is -2.32. The van der Waals surface area contributed by atoms with Gasteiger partial charge >= 0.3 is 0 Å². The van der Waals surface area contributed by atoms with E-state index in [0.717, 1.165) is 12.0 Å². The second-order valence-corrected chi connectivity index (χ2v) is 7.09. The molecule has 1 aliphatic carbocycles. The maximum Gasteiger partial charge on any atom is 0.00915 e. The number of nitrogens with one attached hydrogen (secondary N) is 1. The van der Waals surface area contributed by atoms with Gasteiger partial charge in [-0.25, -0.2) is 0 Å². The second-order valence-electron chi connectivity index (χ2n) is 7.09. The minimum atomic E-state index is 0.820. The highest BCUT2D eigenvalue weighted by molar-refractivity contribution is 4.81. The number of nitrogens with zero attached hydrogens (tertiary/aromatic N) is 1. The van der Waals surface area contributed by atoms with Crippen molar-refractivity contribution in [2.45, 2.75) is 83.6 Å². The topological polar surface area (TPSA) is 15.3 Å². The van der Waals surface area contributed by atoms with Crippen molar-refractivity contribution in [1.29, 1.82) is 0 Å². The first-order chi connectivity index (χ1) is 9.88. The molecule has 20 heavy (non-hydrogen) atoms. The molecule has 1 heterocycles.